The average molecular weight is 486 g/mol. The third-order valence-electron chi connectivity index (χ3n) is 6.10. The Labute approximate surface area is 195 Å². The van der Waals surface area contributed by atoms with Crippen molar-refractivity contribution in [3.8, 4) is 0 Å². The minimum atomic E-state index is -4.46. The number of piperazine rings is 1. The molecular weight excluding hydrogens is 455 g/mol. The Kier molecular flexibility index (Phi) is 8.05. The predicted octanol–water partition coefficient (Wildman–Crippen LogP) is 1.92. The zero-order chi connectivity index (χ0) is 25.0. The fraction of sp³-hybridized carbons (Fsp3) is 0.545. The van der Waals surface area contributed by atoms with Gasteiger partial charge in [0.25, 0.3) is 0 Å². The van der Waals surface area contributed by atoms with Crippen molar-refractivity contribution in [1.82, 2.24) is 14.8 Å². The molecule has 2 saturated heterocycles. The molecule has 2 amide bonds. The first-order chi connectivity index (χ1) is 16.0. The second-order valence-corrected chi connectivity index (χ2v) is 8.65. The Hall–Kier alpha value is -2.83. The molecule has 4 N–H and O–H groups in total. The smallest absolute Gasteiger partial charge is 0.416 e. The largest absolute Gasteiger partial charge is 0.481 e. The Morgan fingerprint density at radius 2 is 1.91 bits per heavy atom. The number of carboxylic acids is 1. The van der Waals surface area contributed by atoms with Crippen LogP contribution >= 0.6 is 0 Å². The fourth-order valence-corrected chi connectivity index (χ4v) is 4.00. The molecule has 0 saturated carbocycles. The summed E-state index contributed by atoms with van der Waals surface area (Å²) in [6.07, 6.45) is -1.97. The van der Waals surface area contributed by atoms with Gasteiger partial charge < -0.3 is 20.0 Å². The summed E-state index contributed by atoms with van der Waals surface area (Å²) in [5, 5.41) is 19.6. The number of urea groups is 1. The van der Waals surface area contributed by atoms with E-state index in [1.165, 1.54) is 30.2 Å². The van der Waals surface area contributed by atoms with Gasteiger partial charge in [-0.15, -0.1) is 0 Å². The molecule has 1 aromatic carbocycles. The van der Waals surface area contributed by atoms with Gasteiger partial charge in [-0.05, 0) is 31.0 Å². The van der Waals surface area contributed by atoms with Gasteiger partial charge in [0.05, 0.1) is 17.6 Å². The molecule has 0 aliphatic carbocycles. The van der Waals surface area contributed by atoms with Crippen molar-refractivity contribution >= 4 is 17.7 Å². The van der Waals surface area contributed by atoms with E-state index in [4.69, 9.17) is 10.9 Å². The van der Waals surface area contributed by atoms with Gasteiger partial charge in [-0.25, -0.2) is 15.6 Å². The van der Waals surface area contributed by atoms with E-state index in [1.807, 2.05) is 4.90 Å². The van der Waals surface area contributed by atoms with Gasteiger partial charge >= 0.3 is 18.2 Å². The lowest BCUT2D eigenvalue weighted by Crippen LogP contribution is -2.53. The molecule has 2 aliphatic heterocycles. The minimum Gasteiger partial charge on any atom is -0.481 e. The maximum Gasteiger partial charge on any atom is 0.416 e. The molecule has 9 nitrogen and oxygen atoms in total. The standard InChI is InChI=1S/C22H30F3N5O4/c1-15(20(32)33)4-7-30(26)21(34)28-10-8-27(9-11-28)13-16-2-3-17(22(23,24)25)12-19(16)29-6-5-18(31)14-29/h2-4,7,12,15,18,31H,5-6,8-11,13-14,26H2,1H3,(H,32,33)/b7-4-/t15?,18-/m0/s1. The molecule has 0 radical (unpaired) electrons. The lowest BCUT2D eigenvalue weighted by atomic mass is 10.1. The van der Waals surface area contributed by atoms with E-state index in [0.29, 0.717) is 51.4 Å². The highest BCUT2D eigenvalue weighted by Gasteiger charge is 2.33. The number of β-amino-alcohol motifs (C(OH)–C–C–N with tert-alkyl or cyclic N) is 1. The number of hydrogen-bond acceptors (Lipinski definition) is 6. The summed E-state index contributed by atoms with van der Waals surface area (Å²) in [4.78, 5) is 28.8. The van der Waals surface area contributed by atoms with E-state index in [1.54, 1.807) is 4.90 Å². The van der Waals surface area contributed by atoms with Gasteiger partial charge in [0.1, 0.15) is 0 Å². The number of rotatable bonds is 6. The maximum atomic E-state index is 13.3. The number of nitrogens with zero attached hydrogens (tertiary/aromatic N) is 4. The summed E-state index contributed by atoms with van der Waals surface area (Å²) in [6.45, 7) is 4.38. The van der Waals surface area contributed by atoms with Gasteiger partial charge in [0, 0.05) is 57.7 Å². The first kappa shape index (κ1) is 25.8. The van der Waals surface area contributed by atoms with Crippen LogP contribution < -0.4 is 10.7 Å². The van der Waals surface area contributed by atoms with E-state index >= 15 is 0 Å². The molecule has 0 bridgehead atoms. The number of hydrogen-bond donors (Lipinski definition) is 3. The molecule has 1 aromatic rings. The van der Waals surface area contributed by atoms with Crippen LogP contribution in [0.5, 0.6) is 0 Å². The second kappa shape index (κ2) is 10.6. The summed E-state index contributed by atoms with van der Waals surface area (Å²) in [5.41, 5.74) is 0.472. The number of alkyl halides is 3. The normalized spacial score (nSPS) is 20.7. The maximum absolute atomic E-state index is 13.3. The zero-order valence-electron chi connectivity index (χ0n) is 18.9. The molecule has 2 aliphatic rings. The molecule has 3 rings (SSSR count). The van der Waals surface area contributed by atoms with E-state index in [-0.39, 0.29) is 6.54 Å². The lowest BCUT2D eigenvalue weighted by molar-refractivity contribution is -0.139. The Bertz CT molecular complexity index is 918. The molecular formula is C22H30F3N5O4. The Morgan fingerprint density at radius 1 is 1.24 bits per heavy atom. The third kappa shape index (κ3) is 6.39. The van der Waals surface area contributed by atoms with E-state index in [9.17, 15) is 27.9 Å². The van der Waals surface area contributed by atoms with E-state index < -0.39 is 35.8 Å². The number of carboxylic acid groups (broad SMARTS) is 1. The molecule has 2 fully saturated rings. The number of carbonyl (C=O) groups excluding carboxylic acids is 1. The SMILES string of the molecule is CC(/C=C\N(N)C(=O)N1CCN(Cc2ccc(C(F)(F)F)cc2N2CC[C@H](O)C2)CC1)C(=O)O. The third-order valence-corrected chi connectivity index (χ3v) is 6.10. The van der Waals surface area contributed by atoms with Crippen molar-refractivity contribution in [3.63, 3.8) is 0 Å². The number of aliphatic hydroxyl groups is 1. The number of aliphatic hydroxyl groups excluding tert-OH is 1. The Morgan fingerprint density at radius 3 is 2.47 bits per heavy atom. The Balaban J connectivity index is 1.63. The van der Waals surface area contributed by atoms with Gasteiger partial charge in [-0.1, -0.05) is 12.1 Å². The first-order valence-electron chi connectivity index (χ1n) is 11.0. The highest BCUT2D eigenvalue weighted by atomic mass is 19.4. The second-order valence-electron chi connectivity index (χ2n) is 8.65. The van der Waals surface area contributed by atoms with Gasteiger partial charge in [0.2, 0.25) is 0 Å². The fourth-order valence-electron chi connectivity index (χ4n) is 4.00. The molecule has 34 heavy (non-hydrogen) atoms. The van der Waals surface area contributed by atoms with Gasteiger partial charge in [-0.3, -0.25) is 9.69 Å². The van der Waals surface area contributed by atoms with Crippen molar-refractivity contribution in [1.29, 1.82) is 0 Å². The number of amides is 2. The molecule has 12 heteroatoms. The van der Waals surface area contributed by atoms with Crippen LogP contribution in [0, 0.1) is 5.92 Å². The van der Waals surface area contributed by atoms with Gasteiger partial charge in [-0.2, -0.15) is 13.2 Å². The van der Waals surface area contributed by atoms with Gasteiger partial charge in [0.15, 0.2) is 0 Å². The van der Waals surface area contributed by atoms with Crippen LogP contribution in [0.15, 0.2) is 30.5 Å². The van der Waals surface area contributed by atoms with Crippen LogP contribution in [0.3, 0.4) is 0 Å². The molecule has 0 aromatic heterocycles. The van der Waals surface area contributed by atoms with Crippen molar-refractivity contribution in [2.45, 2.75) is 32.2 Å². The number of anilines is 1. The monoisotopic (exact) mass is 485 g/mol. The summed E-state index contributed by atoms with van der Waals surface area (Å²) in [6, 6.07) is 3.23. The number of aliphatic carboxylic acids is 1. The lowest BCUT2D eigenvalue weighted by Gasteiger charge is -2.36. The number of hydrazine groups is 1. The van der Waals surface area contributed by atoms with Crippen LogP contribution in [-0.4, -0.2) is 82.4 Å². The minimum absolute atomic E-state index is 0.289. The van der Waals surface area contributed by atoms with Crippen LogP contribution in [0.1, 0.15) is 24.5 Å². The number of carbonyl (C=O) groups is 2. The summed E-state index contributed by atoms with van der Waals surface area (Å²) < 4.78 is 39.8. The van der Waals surface area contributed by atoms with Crippen molar-refractivity contribution in [2.24, 2.45) is 11.8 Å². The topological polar surface area (TPSA) is 114 Å². The highest BCUT2D eigenvalue weighted by Crippen LogP contribution is 2.35. The van der Waals surface area contributed by atoms with Crippen molar-refractivity contribution < 1.29 is 33.0 Å². The molecule has 1 unspecified atom stereocenters. The van der Waals surface area contributed by atoms with E-state index in [2.05, 4.69) is 0 Å². The molecule has 2 heterocycles. The molecule has 0 spiro atoms. The van der Waals surface area contributed by atoms with Crippen molar-refractivity contribution in [3.05, 3.63) is 41.6 Å². The first-order valence-corrected chi connectivity index (χ1v) is 11.0. The summed E-state index contributed by atoms with van der Waals surface area (Å²) >= 11 is 0. The van der Waals surface area contributed by atoms with Crippen LogP contribution in [0.4, 0.5) is 23.7 Å². The number of nitrogens with two attached hydrogens (primary N) is 1. The zero-order valence-corrected chi connectivity index (χ0v) is 18.9. The van der Waals surface area contributed by atoms with Crippen LogP contribution in [0.2, 0.25) is 0 Å². The number of benzene rings is 1. The summed E-state index contributed by atoms with van der Waals surface area (Å²) in [5.74, 6) is 3.92. The van der Waals surface area contributed by atoms with Crippen LogP contribution in [0.25, 0.3) is 0 Å². The predicted molar refractivity (Wildman–Crippen MR) is 118 cm³/mol. The quantitative estimate of drug-likeness (QED) is 0.321. The molecule has 188 valence electrons. The number of halogens is 3. The molecule has 2 atom stereocenters. The van der Waals surface area contributed by atoms with Crippen LogP contribution in [-0.2, 0) is 17.5 Å². The highest BCUT2D eigenvalue weighted by molar-refractivity contribution is 5.75. The summed E-state index contributed by atoms with van der Waals surface area (Å²) in [7, 11) is 0. The van der Waals surface area contributed by atoms with Crippen molar-refractivity contribution in [2.75, 3.05) is 44.2 Å². The average Bonchev–Trinajstić information content (AvgIpc) is 3.22. The van der Waals surface area contributed by atoms with E-state index in [0.717, 1.165) is 22.7 Å².